The van der Waals surface area contributed by atoms with Crippen LogP contribution in [0.1, 0.15) is 6.42 Å². The maximum Gasteiger partial charge on any atom is 0.236 e. The first-order valence-electron chi connectivity index (χ1n) is 7.03. The van der Waals surface area contributed by atoms with E-state index in [9.17, 15) is 4.79 Å². The summed E-state index contributed by atoms with van der Waals surface area (Å²) in [4.78, 5) is 20.3. The summed E-state index contributed by atoms with van der Waals surface area (Å²) in [6, 6.07) is 14.0. The number of carbonyl (C=O) groups is 1. The molecule has 5 heteroatoms. The van der Waals surface area contributed by atoms with E-state index >= 15 is 0 Å². The van der Waals surface area contributed by atoms with E-state index in [4.69, 9.17) is 5.26 Å². The van der Waals surface area contributed by atoms with Gasteiger partial charge in [-0.3, -0.25) is 4.79 Å². The number of aromatic nitrogens is 1. The molecule has 1 aliphatic rings. The van der Waals surface area contributed by atoms with E-state index in [0.717, 1.165) is 29.8 Å². The van der Waals surface area contributed by atoms with Crippen LogP contribution in [0.4, 0.5) is 5.82 Å². The highest BCUT2D eigenvalue weighted by Crippen LogP contribution is 2.19. The summed E-state index contributed by atoms with van der Waals surface area (Å²) in [5, 5.41) is 9.71. The fraction of sp³-hybridized carbons (Fsp3) is 0.312. The van der Waals surface area contributed by atoms with Crippen LogP contribution in [0.3, 0.4) is 0 Å². The molecule has 1 amide bonds. The Morgan fingerprint density at radius 1 is 1.14 bits per heavy atom. The van der Waals surface area contributed by atoms with Crippen LogP contribution in [0.15, 0.2) is 36.4 Å². The van der Waals surface area contributed by atoms with Crippen LogP contribution in [0.25, 0.3) is 10.9 Å². The fourth-order valence-corrected chi connectivity index (χ4v) is 2.60. The van der Waals surface area contributed by atoms with Gasteiger partial charge in [-0.05, 0) is 18.2 Å². The normalized spacial score (nSPS) is 15.0. The molecule has 0 bridgehead atoms. The number of hydrogen-bond acceptors (Lipinski definition) is 4. The molecule has 0 aliphatic carbocycles. The molecular formula is C16H16N4O. The highest BCUT2D eigenvalue weighted by atomic mass is 16.2. The van der Waals surface area contributed by atoms with Crippen molar-refractivity contribution in [2.45, 2.75) is 6.42 Å². The fourth-order valence-electron chi connectivity index (χ4n) is 2.60. The van der Waals surface area contributed by atoms with Crippen LogP contribution in [0.2, 0.25) is 0 Å². The number of nitrogens with zero attached hydrogens (tertiary/aromatic N) is 4. The number of carbonyl (C=O) groups excluding carboxylic acids is 1. The number of anilines is 1. The maximum absolute atomic E-state index is 11.7. The summed E-state index contributed by atoms with van der Waals surface area (Å²) in [6.07, 6.45) is -0.0335. The van der Waals surface area contributed by atoms with Crippen LogP contribution >= 0.6 is 0 Å². The minimum Gasteiger partial charge on any atom is -0.353 e. The Morgan fingerprint density at radius 2 is 1.90 bits per heavy atom. The van der Waals surface area contributed by atoms with Gasteiger partial charge in [-0.1, -0.05) is 18.2 Å². The zero-order valence-electron chi connectivity index (χ0n) is 11.7. The van der Waals surface area contributed by atoms with Crippen molar-refractivity contribution in [3.63, 3.8) is 0 Å². The summed E-state index contributed by atoms with van der Waals surface area (Å²) < 4.78 is 0. The highest BCUT2D eigenvalue weighted by Gasteiger charge is 2.21. The van der Waals surface area contributed by atoms with Gasteiger partial charge >= 0.3 is 0 Å². The van der Waals surface area contributed by atoms with E-state index in [-0.39, 0.29) is 12.3 Å². The molecule has 2 heterocycles. The van der Waals surface area contributed by atoms with E-state index < -0.39 is 0 Å². The van der Waals surface area contributed by atoms with Gasteiger partial charge in [-0.25, -0.2) is 4.98 Å². The first-order chi connectivity index (χ1) is 10.3. The SMILES string of the molecule is N#CCC(=O)N1CCN(c2ccc3ccccc3n2)CC1. The average molecular weight is 280 g/mol. The summed E-state index contributed by atoms with van der Waals surface area (Å²) in [5.74, 6) is 0.865. The number of para-hydroxylation sites is 1. The van der Waals surface area contributed by atoms with Crippen LogP contribution < -0.4 is 4.90 Å². The quantitative estimate of drug-likeness (QED) is 0.841. The third kappa shape index (κ3) is 2.79. The summed E-state index contributed by atoms with van der Waals surface area (Å²) in [5.41, 5.74) is 0.984. The van der Waals surface area contributed by atoms with Gasteiger partial charge in [0.05, 0.1) is 11.6 Å². The molecule has 1 aromatic carbocycles. The van der Waals surface area contributed by atoms with E-state index in [1.807, 2.05) is 36.4 Å². The smallest absolute Gasteiger partial charge is 0.236 e. The Kier molecular flexibility index (Phi) is 3.69. The lowest BCUT2D eigenvalue weighted by Gasteiger charge is -2.35. The molecule has 1 aromatic heterocycles. The summed E-state index contributed by atoms with van der Waals surface area (Å²) >= 11 is 0. The zero-order chi connectivity index (χ0) is 14.7. The van der Waals surface area contributed by atoms with Gasteiger partial charge in [0.1, 0.15) is 12.2 Å². The molecule has 106 valence electrons. The van der Waals surface area contributed by atoms with E-state index in [1.54, 1.807) is 4.90 Å². The number of hydrogen-bond donors (Lipinski definition) is 0. The van der Waals surface area contributed by atoms with Crippen molar-refractivity contribution in [2.24, 2.45) is 0 Å². The monoisotopic (exact) mass is 280 g/mol. The second kappa shape index (κ2) is 5.80. The third-order valence-electron chi connectivity index (χ3n) is 3.77. The molecule has 0 spiro atoms. The van der Waals surface area contributed by atoms with Gasteiger partial charge in [-0.15, -0.1) is 0 Å². The number of piperazine rings is 1. The molecule has 0 saturated carbocycles. The molecule has 5 nitrogen and oxygen atoms in total. The minimum absolute atomic E-state index is 0.0335. The summed E-state index contributed by atoms with van der Waals surface area (Å²) in [7, 11) is 0. The molecule has 21 heavy (non-hydrogen) atoms. The average Bonchev–Trinajstić information content (AvgIpc) is 2.55. The molecule has 1 aliphatic heterocycles. The zero-order valence-corrected chi connectivity index (χ0v) is 11.7. The maximum atomic E-state index is 11.7. The van der Waals surface area contributed by atoms with Crippen molar-refractivity contribution in [3.8, 4) is 6.07 Å². The molecular weight excluding hydrogens is 264 g/mol. The molecule has 2 aromatic rings. The Hall–Kier alpha value is -2.61. The Morgan fingerprint density at radius 3 is 2.67 bits per heavy atom. The largest absolute Gasteiger partial charge is 0.353 e. The van der Waals surface area contributed by atoms with Gasteiger partial charge in [0.15, 0.2) is 0 Å². The van der Waals surface area contributed by atoms with Crippen LogP contribution in [0.5, 0.6) is 0 Å². The predicted molar refractivity (Wildman–Crippen MR) is 80.8 cm³/mol. The number of amides is 1. The number of fused-ring (bicyclic) bond motifs is 1. The molecule has 1 saturated heterocycles. The second-order valence-corrected chi connectivity index (χ2v) is 5.06. The topological polar surface area (TPSA) is 60.2 Å². The summed E-state index contributed by atoms with van der Waals surface area (Å²) in [6.45, 7) is 2.80. The van der Waals surface area contributed by atoms with Crippen LogP contribution in [-0.4, -0.2) is 42.0 Å². The van der Waals surface area contributed by atoms with Gasteiger partial charge in [0, 0.05) is 31.6 Å². The van der Waals surface area contributed by atoms with Crippen molar-refractivity contribution < 1.29 is 4.79 Å². The minimum atomic E-state index is -0.0800. The molecule has 1 fully saturated rings. The molecule has 0 unspecified atom stereocenters. The molecule has 0 N–H and O–H groups in total. The van der Waals surface area contributed by atoms with Gasteiger partial charge in [-0.2, -0.15) is 5.26 Å². The Bertz CT molecular complexity index is 699. The van der Waals surface area contributed by atoms with Crippen LogP contribution in [0, 0.1) is 11.3 Å². The molecule has 0 radical (unpaired) electrons. The number of rotatable bonds is 2. The lowest BCUT2D eigenvalue weighted by molar-refractivity contribution is -0.130. The Balaban J connectivity index is 1.71. The van der Waals surface area contributed by atoms with Crippen molar-refractivity contribution in [1.82, 2.24) is 9.88 Å². The van der Waals surface area contributed by atoms with Gasteiger partial charge in [0.2, 0.25) is 5.91 Å². The first-order valence-corrected chi connectivity index (χ1v) is 7.03. The standard InChI is InChI=1S/C16H16N4O/c17-8-7-16(21)20-11-9-19(10-12-20)15-6-5-13-3-1-2-4-14(13)18-15/h1-6H,7,9-12H2. The van der Waals surface area contributed by atoms with Crippen molar-refractivity contribution in [2.75, 3.05) is 31.1 Å². The van der Waals surface area contributed by atoms with E-state index in [0.29, 0.717) is 13.1 Å². The number of nitriles is 1. The second-order valence-electron chi connectivity index (χ2n) is 5.06. The van der Waals surface area contributed by atoms with Crippen molar-refractivity contribution in [3.05, 3.63) is 36.4 Å². The Labute approximate surface area is 123 Å². The number of benzene rings is 1. The lowest BCUT2D eigenvalue weighted by Crippen LogP contribution is -2.48. The van der Waals surface area contributed by atoms with E-state index in [1.165, 1.54) is 0 Å². The highest BCUT2D eigenvalue weighted by molar-refractivity contribution is 5.80. The van der Waals surface area contributed by atoms with Gasteiger partial charge < -0.3 is 9.80 Å². The van der Waals surface area contributed by atoms with Crippen LogP contribution in [-0.2, 0) is 4.79 Å². The van der Waals surface area contributed by atoms with Crippen molar-refractivity contribution >= 4 is 22.6 Å². The number of pyridine rings is 1. The van der Waals surface area contributed by atoms with Crippen molar-refractivity contribution in [1.29, 1.82) is 5.26 Å². The predicted octanol–water partition coefficient (Wildman–Crippen LogP) is 1.80. The van der Waals surface area contributed by atoms with Gasteiger partial charge in [0.25, 0.3) is 0 Å². The third-order valence-corrected chi connectivity index (χ3v) is 3.77. The molecule has 0 atom stereocenters. The first kappa shape index (κ1) is 13.4. The lowest BCUT2D eigenvalue weighted by atomic mass is 10.2. The molecule has 3 rings (SSSR count). The van der Waals surface area contributed by atoms with E-state index in [2.05, 4.69) is 16.0 Å².